The molecule has 6 nitrogen and oxygen atoms in total. The summed E-state index contributed by atoms with van der Waals surface area (Å²) in [5.74, 6) is 0.764. The quantitative estimate of drug-likeness (QED) is 0.486. The lowest BCUT2D eigenvalue weighted by atomic mass is 10.00. The molecule has 0 atom stereocenters. The first-order valence-corrected chi connectivity index (χ1v) is 11.3. The maximum atomic E-state index is 12.7. The molecule has 2 aromatic heterocycles. The number of hydrogen-bond donors (Lipinski definition) is 1. The number of ether oxygens (including phenoxy) is 1. The molecule has 1 aliphatic rings. The topological polar surface area (TPSA) is 67.3 Å². The molecule has 30 heavy (non-hydrogen) atoms. The average Bonchev–Trinajstić information content (AvgIpc) is 3.33. The van der Waals surface area contributed by atoms with Crippen molar-refractivity contribution in [3.8, 4) is 17.0 Å². The van der Waals surface area contributed by atoms with Crippen LogP contribution in [-0.4, -0.2) is 36.1 Å². The number of amides is 1. The first-order valence-electron chi connectivity index (χ1n) is 9.62. The number of nitrogens with one attached hydrogen (secondary N) is 1. The Hall–Kier alpha value is -2.97. The zero-order valence-corrected chi connectivity index (χ0v) is 18.2. The largest absolute Gasteiger partial charge is 0.494 e. The lowest BCUT2D eigenvalue weighted by Gasteiger charge is -2.37. The molecule has 0 bridgehead atoms. The third kappa shape index (κ3) is 3.53. The number of hydrogen-bond acceptors (Lipinski definition) is 7. The lowest BCUT2D eigenvalue weighted by Crippen LogP contribution is -2.52. The number of aromatic nitrogens is 2. The van der Waals surface area contributed by atoms with E-state index < -0.39 is 0 Å². The molecule has 0 spiro atoms. The normalized spacial score (nSPS) is 14.0. The van der Waals surface area contributed by atoms with Gasteiger partial charge in [0.1, 0.15) is 11.3 Å². The summed E-state index contributed by atoms with van der Waals surface area (Å²) < 4.78 is 6.49. The van der Waals surface area contributed by atoms with E-state index in [4.69, 9.17) is 9.72 Å². The number of carbonyl (C=O) groups is 1. The monoisotopic (exact) mass is 436 g/mol. The van der Waals surface area contributed by atoms with Crippen molar-refractivity contribution in [3.05, 3.63) is 52.9 Å². The Kier molecular flexibility index (Phi) is 4.88. The van der Waals surface area contributed by atoms with Crippen LogP contribution in [0.3, 0.4) is 0 Å². The Balaban J connectivity index is 1.24. The van der Waals surface area contributed by atoms with Crippen molar-refractivity contribution in [2.45, 2.75) is 6.92 Å². The van der Waals surface area contributed by atoms with Crippen LogP contribution in [0.5, 0.6) is 5.75 Å². The highest BCUT2D eigenvalue weighted by molar-refractivity contribution is 7.22. The van der Waals surface area contributed by atoms with Crippen LogP contribution in [0, 0.1) is 12.8 Å². The summed E-state index contributed by atoms with van der Waals surface area (Å²) in [5.41, 5.74) is 3.62. The zero-order chi connectivity index (χ0) is 20.7. The van der Waals surface area contributed by atoms with Crippen LogP contribution in [0.1, 0.15) is 5.01 Å². The Morgan fingerprint density at radius 3 is 2.80 bits per heavy atom. The van der Waals surface area contributed by atoms with E-state index >= 15 is 0 Å². The number of rotatable bonds is 5. The molecule has 0 radical (unpaired) electrons. The minimum absolute atomic E-state index is 0.0385. The highest BCUT2D eigenvalue weighted by Crippen LogP contribution is 2.36. The van der Waals surface area contributed by atoms with Gasteiger partial charge in [-0.05, 0) is 31.2 Å². The molecule has 1 aliphatic heterocycles. The molecule has 8 heteroatoms. The molecule has 1 saturated heterocycles. The maximum Gasteiger partial charge on any atom is 0.231 e. The standard InChI is InChI=1S/C22H20N4O2S2/c1-13-23-17(12-29-13)14-5-3-6-16(9-14)24-21(27)15-10-26(11-15)22-25-20-18(28-2)7-4-8-19(20)30-22/h3-9,12,15H,10-11H2,1-2H3,(H,24,27). The van der Waals surface area contributed by atoms with E-state index in [0.29, 0.717) is 13.1 Å². The molecule has 4 aromatic rings. The molecule has 1 fully saturated rings. The highest BCUT2D eigenvalue weighted by atomic mass is 32.1. The fraction of sp³-hybridized carbons (Fsp3) is 0.227. The molecule has 5 rings (SSSR count). The van der Waals surface area contributed by atoms with Crippen LogP contribution < -0.4 is 15.0 Å². The van der Waals surface area contributed by atoms with Gasteiger partial charge in [-0.15, -0.1) is 11.3 Å². The molecule has 1 N–H and O–H groups in total. The van der Waals surface area contributed by atoms with Crippen molar-refractivity contribution >= 4 is 49.6 Å². The fourth-order valence-electron chi connectivity index (χ4n) is 3.51. The van der Waals surface area contributed by atoms with Gasteiger partial charge in [0.15, 0.2) is 5.13 Å². The number of fused-ring (bicyclic) bond motifs is 1. The first kappa shape index (κ1) is 19.0. The predicted octanol–water partition coefficient (Wildman–Crippen LogP) is 4.81. The van der Waals surface area contributed by atoms with Crippen LogP contribution >= 0.6 is 22.7 Å². The molecular formula is C22H20N4O2S2. The predicted molar refractivity (Wildman–Crippen MR) is 123 cm³/mol. The second-order valence-corrected chi connectivity index (χ2v) is 9.30. The summed E-state index contributed by atoms with van der Waals surface area (Å²) in [6, 6.07) is 13.8. The third-order valence-corrected chi connectivity index (χ3v) is 7.01. The maximum absolute atomic E-state index is 12.7. The Bertz CT molecular complexity index is 1230. The molecule has 0 unspecified atom stereocenters. The van der Waals surface area contributed by atoms with E-state index in [1.165, 1.54) is 0 Å². The number of benzene rings is 2. The van der Waals surface area contributed by atoms with Gasteiger partial charge >= 0.3 is 0 Å². The molecule has 0 aliphatic carbocycles. The van der Waals surface area contributed by atoms with Crippen LogP contribution in [0.25, 0.3) is 21.5 Å². The number of thiazole rings is 2. The second kappa shape index (κ2) is 7.70. The SMILES string of the molecule is COc1cccc2sc(N3CC(C(=O)Nc4cccc(-c5csc(C)n5)c4)C3)nc12. The van der Waals surface area contributed by atoms with Crippen molar-refractivity contribution in [2.75, 3.05) is 30.4 Å². The highest BCUT2D eigenvalue weighted by Gasteiger charge is 2.34. The summed E-state index contributed by atoms with van der Waals surface area (Å²) in [4.78, 5) is 24.1. The van der Waals surface area contributed by atoms with Gasteiger partial charge in [0.25, 0.3) is 0 Å². The van der Waals surface area contributed by atoms with E-state index in [-0.39, 0.29) is 11.8 Å². The lowest BCUT2D eigenvalue weighted by molar-refractivity contribution is -0.120. The summed E-state index contributed by atoms with van der Waals surface area (Å²) in [7, 11) is 1.66. The van der Waals surface area contributed by atoms with Gasteiger partial charge in [-0.3, -0.25) is 4.79 Å². The summed E-state index contributed by atoms with van der Waals surface area (Å²) in [5, 5.41) is 7.04. The molecule has 3 heterocycles. The van der Waals surface area contributed by atoms with Crippen molar-refractivity contribution in [2.24, 2.45) is 5.92 Å². The summed E-state index contributed by atoms with van der Waals surface area (Å²) in [6.07, 6.45) is 0. The molecule has 2 aromatic carbocycles. The minimum atomic E-state index is -0.0518. The molecular weight excluding hydrogens is 416 g/mol. The second-order valence-electron chi connectivity index (χ2n) is 7.23. The smallest absolute Gasteiger partial charge is 0.231 e. The number of para-hydroxylation sites is 1. The first-order chi connectivity index (χ1) is 14.6. The zero-order valence-electron chi connectivity index (χ0n) is 16.6. The van der Waals surface area contributed by atoms with Crippen LogP contribution in [0.4, 0.5) is 10.8 Å². The number of nitrogens with zero attached hydrogens (tertiary/aromatic N) is 3. The van der Waals surface area contributed by atoms with Crippen molar-refractivity contribution in [3.63, 3.8) is 0 Å². The Morgan fingerprint density at radius 1 is 1.20 bits per heavy atom. The van der Waals surface area contributed by atoms with Gasteiger partial charge < -0.3 is 15.0 Å². The third-order valence-electron chi connectivity index (χ3n) is 5.16. The van der Waals surface area contributed by atoms with E-state index in [2.05, 4.69) is 15.2 Å². The van der Waals surface area contributed by atoms with Crippen LogP contribution in [-0.2, 0) is 4.79 Å². The number of methoxy groups -OCH3 is 1. The molecule has 0 saturated carbocycles. The van der Waals surface area contributed by atoms with E-state index in [1.807, 2.05) is 54.8 Å². The van der Waals surface area contributed by atoms with Gasteiger partial charge in [0.05, 0.1) is 28.4 Å². The molecule has 152 valence electrons. The van der Waals surface area contributed by atoms with E-state index in [0.717, 1.165) is 43.1 Å². The van der Waals surface area contributed by atoms with Gasteiger partial charge in [-0.2, -0.15) is 0 Å². The molecule has 1 amide bonds. The summed E-state index contributed by atoms with van der Waals surface area (Å²) in [6.45, 7) is 3.32. The van der Waals surface area contributed by atoms with E-state index in [9.17, 15) is 4.79 Å². The Morgan fingerprint density at radius 2 is 2.03 bits per heavy atom. The fourth-order valence-corrected chi connectivity index (χ4v) is 5.13. The van der Waals surface area contributed by atoms with Crippen LogP contribution in [0.2, 0.25) is 0 Å². The number of carbonyl (C=O) groups excluding carboxylic acids is 1. The minimum Gasteiger partial charge on any atom is -0.494 e. The van der Waals surface area contributed by atoms with Gasteiger partial charge in [-0.1, -0.05) is 29.5 Å². The van der Waals surface area contributed by atoms with Gasteiger partial charge in [0.2, 0.25) is 5.91 Å². The number of anilines is 2. The Labute approximate surface area is 182 Å². The van der Waals surface area contributed by atoms with Gasteiger partial charge in [-0.25, -0.2) is 9.97 Å². The van der Waals surface area contributed by atoms with E-state index in [1.54, 1.807) is 29.8 Å². The van der Waals surface area contributed by atoms with Gasteiger partial charge in [0, 0.05) is 29.7 Å². The number of aryl methyl sites for hydroxylation is 1. The van der Waals surface area contributed by atoms with Crippen molar-refractivity contribution in [1.29, 1.82) is 0 Å². The average molecular weight is 437 g/mol. The van der Waals surface area contributed by atoms with Crippen molar-refractivity contribution in [1.82, 2.24) is 9.97 Å². The van der Waals surface area contributed by atoms with Crippen molar-refractivity contribution < 1.29 is 9.53 Å². The van der Waals surface area contributed by atoms with Crippen LogP contribution in [0.15, 0.2) is 47.8 Å². The summed E-state index contributed by atoms with van der Waals surface area (Å²) >= 11 is 3.25.